The highest BCUT2D eigenvalue weighted by Crippen LogP contribution is 2.44. The zero-order chi connectivity index (χ0) is 45.2. The fraction of sp³-hybridized carbons (Fsp3) is 0.0606. The van der Waals surface area contributed by atoms with E-state index in [-0.39, 0.29) is 5.92 Å². The number of fused-ring (bicyclic) bond motifs is 3. The van der Waals surface area contributed by atoms with Gasteiger partial charge in [0.15, 0.2) is 0 Å². The normalized spacial score (nSPS) is 14.5. The SMILES string of the molecule is C1=CCCC(N(C2=CC=CCC2c2cccc(-c3ccc4c(c3)c3ccccc3n4-c3cc(-c4ccccc4)cc(-c4ccccc4)c3)c2)c2cc(-c3ccccc3)cc(-c3ccccc3)c2)=C1. The van der Waals surface area contributed by atoms with Crippen LogP contribution in [0, 0.1) is 0 Å². The molecule has 0 bridgehead atoms. The minimum Gasteiger partial charge on any atom is -0.317 e. The molecular weight excluding hydrogens is 821 g/mol. The van der Waals surface area contributed by atoms with Crippen molar-refractivity contribution < 1.29 is 0 Å². The Kier molecular flexibility index (Phi) is 10.9. The number of para-hydroxylation sites is 1. The van der Waals surface area contributed by atoms with Crippen molar-refractivity contribution in [3.63, 3.8) is 0 Å². The van der Waals surface area contributed by atoms with E-state index in [9.17, 15) is 0 Å². The second-order valence-electron chi connectivity index (χ2n) is 18.0. The van der Waals surface area contributed by atoms with Crippen LogP contribution in [0.2, 0.25) is 0 Å². The highest BCUT2D eigenvalue weighted by Gasteiger charge is 2.28. The predicted octanol–water partition coefficient (Wildman–Crippen LogP) is 17.8. The molecule has 1 heterocycles. The third kappa shape index (κ3) is 7.91. The molecule has 12 rings (SSSR count). The number of allylic oxidation sites excluding steroid dienone is 8. The molecule has 2 aliphatic carbocycles. The van der Waals surface area contributed by atoms with Gasteiger partial charge >= 0.3 is 0 Å². The van der Waals surface area contributed by atoms with E-state index in [1.807, 2.05) is 0 Å². The number of hydrogen-bond acceptors (Lipinski definition) is 1. The Balaban J connectivity index is 0.959. The number of rotatable bonds is 10. The van der Waals surface area contributed by atoms with Crippen molar-refractivity contribution in [1.82, 2.24) is 4.57 Å². The van der Waals surface area contributed by atoms with Crippen molar-refractivity contribution in [1.29, 1.82) is 0 Å². The van der Waals surface area contributed by atoms with Crippen LogP contribution in [0.5, 0.6) is 0 Å². The molecule has 0 aliphatic heterocycles. The molecule has 2 nitrogen and oxygen atoms in total. The fourth-order valence-electron chi connectivity index (χ4n) is 10.4. The monoisotopic (exact) mass is 870 g/mol. The molecule has 0 N–H and O–H groups in total. The fourth-order valence-corrected chi connectivity index (χ4v) is 10.4. The van der Waals surface area contributed by atoms with Gasteiger partial charge in [0.2, 0.25) is 0 Å². The Morgan fingerprint density at radius 1 is 0.382 bits per heavy atom. The molecule has 2 heteroatoms. The van der Waals surface area contributed by atoms with Gasteiger partial charge in [-0.2, -0.15) is 0 Å². The van der Waals surface area contributed by atoms with Crippen LogP contribution < -0.4 is 4.90 Å². The minimum atomic E-state index is 0.147. The summed E-state index contributed by atoms with van der Waals surface area (Å²) in [6, 6.07) is 82.5. The first kappa shape index (κ1) is 41.0. The molecule has 10 aromatic rings. The van der Waals surface area contributed by atoms with Crippen molar-refractivity contribution in [2.75, 3.05) is 4.90 Å². The van der Waals surface area contributed by atoms with Gasteiger partial charge in [-0.1, -0.05) is 194 Å². The average Bonchev–Trinajstić information content (AvgIpc) is 3.76. The lowest BCUT2D eigenvalue weighted by molar-refractivity contribution is 0.747. The molecule has 1 aromatic heterocycles. The molecule has 0 amide bonds. The highest BCUT2D eigenvalue weighted by atomic mass is 15.2. The van der Waals surface area contributed by atoms with E-state index in [0.717, 1.165) is 24.9 Å². The lowest BCUT2D eigenvalue weighted by Crippen LogP contribution is -2.27. The van der Waals surface area contributed by atoms with Crippen molar-refractivity contribution in [2.24, 2.45) is 0 Å². The van der Waals surface area contributed by atoms with Gasteiger partial charge < -0.3 is 9.47 Å². The summed E-state index contributed by atoms with van der Waals surface area (Å²) in [6.07, 6.45) is 16.7. The van der Waals surface area contributed by atoms with Crippen molar-refractivity contribution in [3.8, 4) is 61.3 Å². The van der Waals surface area contributed by atoms with Gasteiger partial charge in [0.1, 0.15) is 0 Å². The van der Waals surface area contributed by atoms with Gasteiger partial charge in [-0.25, -0.2) is 0 Å². The Hall–Kier alpha value is -8.46. The van der Waals surface area contributed by atoms with Crippen molar-refractivity contribution in [3.05, 3.63) is 278 Å². The molecule has 1 unspecified atom stereocenters. The summed E-state index contributed by atoms with van der Waals surface area (Å²) in [6.45, 7) is 0. The van der Waals surface area contributed by atoms with E-state index in [2.05, 4.69) is 270 Å². The molecule has 0 radical (unpaired) electrons. The molecule has 9 aromatic carbocycles. The number of hydrogen-bond donors (Lipinski definition) is 0. The quantitative estimate of drug-likeness (QED) is 0.133. The number of benzene rings is 9. The van der Waals surface area contributed by atoms with Crippen LogP contribution in [-0.4, -0.2) is 4.57 Å². The molecular formula is C66H50N2. The largest absolute Gasteiger partial charge is 0.317 e. The summed E-state index contributed by atoms with van der Waals surface area (Å²) in [5.41, 5.74) is 20.7. The lowest BCUT2D eigenvalue weighted by Gasteiger charge is -2.37. The van der Waals surface area contributed by atoms with E-state index < -0.39 is 0 Å². The predicted molar refractivity (Wildman–Crippen MR) is 288 cm³/mol. The zero-order valence-corrected chi connectivity index (χ0v) is 37.9. The summed E-state index contributed by atoms with van der Waals surface area (Å²) < 4.78 is 2.45. The topological polar surface area (TPSA) is 8.17 Å². The van der Waals surface area contributed by atoms with Gasteiger partial charge in [0.25, 0.3) is 0 Å². The Labute approximate surface area is 399 Å². The van der Waals surface area contributed by atoms with Crippen LogP contribution in [0.3, 0.4) is 0 Å². The summed E-state index contributed by atoms with van der Waals surface area (Å²) in [5.74, 6) is 0.147. The van der Waals surface area contributed by atoms with E-state index >= 15 is 0 Å². The second kappa shape index (κ2) is 18.1. The van der Waals surface area contributed by atoms with Crippen LogP contribution in [0.1, 0.15) is 30.7 Å². The number of anilines is 1. The Bertz CT molecular complexity index is 3460. The van der Waals surface area contributed by atoms with Crippen LogP contribution >= 0.6 is 0 Å². The van der Waals surface area contributed by atoms with Crippen molar-refractivity contribution in [2.45, 2.75) is 25.2 Å². The van der Waals surface area contributed by atoms with E-state index in [1.165, 1.54) is 100 Å². The van der Waals surface area contributed by atoms with Gasteiger partial charge in [-0.15, -0.1) is 0 Å². The first-order chi connectivity index (χ1) is 33.7. The van der Waals surface area contributed by atoms with Gasteiger partial charge in [-0.3, -0.25) is 0 Å². The highest BCUT2D eigenvalue weighted by molar-refractivity contribution is 6.10. The standard InChI is InChI=1S/C66H50N2/c1-6-21-47(22-7-1)54-40-55(48-23-8-2-9-24-48)43-59(42-54)67(58-31-14-5-15-32-58)64-35-18-16-33-61(64)53-30-20-29-51(39-53)52-37-38-66-63(46-52)62-34-17-19-36-65(62)68(66)60-44-56(49-25-10-3-11-26-49)41-57(45-60)50-27-12-4-13-28-50/h1-14,16-31,34-46,61H,15,32-33H2. The number of aromatic nitrogens is 1. The summed E-state index contributed by atoms with van der Waals surface area (Å²) in [4.78, 5) is 2.57. The van der Waals surface area contributed by atoms with Gasteiger partial charge in [0, 0.05) is 39.5 Å². The molecule has 2 aliphatic rings. The smallest absolute Gasteiger partial charge is 0.0541 e. The Morgan fingerprint density at radius 3 is 1.51 bits per heavy atom. The molecule has 1 atom stereocenters. The first-order valence-electron chi connectivity index (χ1n) is 23.9. The lowest BCUT2D eigenvalue weighted by atomic mass is 9.86. The van der Waals surface area contributed by atoms with E-state index in [4.69, 9.17) is 0 Å². The van der Waals surface area contributed by atoms with Gasteiger partial charge in [0.05, 0.1) is 11.0 Å². The van der Waals surface area contributed by atoms with Gasteiger partial charge in [-0.05, 0) is 147 Å². The molecule has 68 heavy (non-hydrogen) atoms. The molecule has 324 valence electrons. The average molecular weight is 871 g/mol. The molecule has 0 spiro atoms. The third-order valence-electron chi connectivity index (χ3n) is 13.7. The second-order valence-corrected chi connectivity index (χ2v) is 18.0. The molecule has 0 fully saturated rings. The maximum atomic E-state index is 2.57. The van der Waals surface area contributed by atoms with E-state index in [0.29, 0.717) is 0 Å². The van der Waals surface area contributed by atoms with Crippen LogP contribution in [0.4, 0.5) is 5.69 Å². The summed E-state index contributed by atoms with van der Waals surface area (Å²) >= 11 is 0. The maximum absolute atomic E-state index is 2.57. The van der Waals surface area contributed by atoms with Crippen molar-refractivity contribution >= 4 is 27.5 Å². The molecule has 0 saturated carbocycles. The maximum Gasteiger partial charge on any atom is 0.0541 e. The minimum absolute atomic E-state index is 0.147. The summed E-state index contributed by atoms with van der Waals surface area (Å²) in [7, 11) is 0. The van der Waals surface area contributed by atoms with Crippen LogP contribution in [0.25, 0.3) is 83.1 Å². The van der Waals surface area contributed by atoms with Crippen LogP contribution in [-0.2, 0) is 0 Å². The Morgan fingerprint density at radius 2 is 0.912 bits per heavy atom. The molecule has 0 saturated heterocycles. The van der Waals surface area contributed by atoms with E-state index in [1.54, 1.807) is 0 Å². The third-order valence-corrected chi connectivity index (χ3v) is 13.7. The zero-order valence-electron chi connectivity index (χ0n) is 37.9. The summed E-state index contributed by atoms with van der Waals surface area (Å²) in [5, 5.41) is 2.49. The number of nitrogens with zero attached hydrogens (tertiary/aromatic N) is 2. The first-order valence-corrected chi connectivity index (χ1v) is 23.9. The van der Waals surface area contributed by atoms with Crippen LogP contribution in [0.15, 0.2) is 272 Å².